The Hall–Kier alpha value is -2.08. The van der Waals surface area contributed by atoms with Gasteiger partial charge >= 0.3 is 0 Å². The number of para-hydroxylation sites is 1. The number of rotatable bonds is 5. The second kappa shape index (κ2) is 8.08. The van der Waals surface area contributed by atoms with Crippen molar-refractivity contribution < 1.29 is 14.3 Å². The molecule has 1 aliphatic heterocycles. The van der Waals surface area contributed by atoms with Crippen LogP contribution in [0.2, 0.25) is 0 Å². The summed E-state index contributed by atoms with van der Waals surface area (Å²) >= 11 is 0. The average molecular weight is 361 g/mol. The van der Waals surface area contributed by atoms with E-state index in [-0.39, 0.29) is 17.4 Å². The van der Waals surface area contributed by atoms with Gasteiger partial charge in [-0.3, -0.25) is 14.5 Å². The fourth-order valence-corrected chi connectivity index (χ4v) is 3.59. The van der Waals surface area contributed by atoms with Gasteiger partial charge in [0.05, 0.1) is 19.2 Å². The summed E-state index contributed by atoms with van der Waals surface area (Å²) in [5.41, 5.74) is 0.302. The Kier molecular flexibility index (Phi) is 6.29. The third-order valence-corrected chi connectivity index (χ3v) is 4.63. The number of hydrogen-bond acceptors (Lipinski definition) is 4. The summed E-state index contributed by atoms with van der Waals surface area (Å²) in [4.78, 5) is 26.2. The first-order chi connectivity index (χ1) is 12.1. The highest BCUT2D eigenvalue weighted by atomic mass is 16.5. The van der Waals surface area contributed by atoms with Crippen LogP contribution in [0.15, 0.2) is 24.3 Å². The molecule has 0 aliphatic carbocycles. The quantitative estimate of drug-likeness (QED) is 0.842. The molecule has 144 valence electrons. The minimum absolute atomic E-state index is 0.0295. The van der Waals surface area contributed by atoms with Crippen LogP contribution in [0.25, 0.3) is 0 Å². The van der Waals surface area contributed by atoms with Gasteiger partial charge in [-0.25, -0.2) is 0 Å². The summed E-state index contributed by atoms with van der Waals surface area (Å²) < 4.78 is 5.52. The van der Waals surface area contributed by atoms with Crippen molar-refractivity contribution in [3.05, 3.63) is 29.8 Å². The molecule has 0 saturated carbocycles. The van der Waals surface area contributed by atoms with E-state index >= 15 is 0 Å². The lowest BCUT2D eigenvalue weighted by molar-refractivity contribution is -0.125. The number of ether oxygens (including phenoxy) is 1. The molecule has 1 saturated heterocycles. The van der Waals surface area contributed by atoms with Gasteiger partial charge in [0, 0.05) is 31.1 Å². The minimum atomic E-state index is -0.463. The summed E-state index contributed by atoms with van der Waals surface area (Å²) in [6, 6.07) is 7.82. The van der Waals surface area contributed by atoms with Crippen LogP contribution in [-0.4, -0.2) is 49.0 Å². The van der Waals surface area contributed by atoms with Crippen LogP contribution in [0.1, 0.15) is 46.1 Å². The molecule has 1 aromatic rings. The Morgan fingerprint density at radius 2 is 1.81 bits per heavy atom. The van der Waals surface area contributed by atoms with Gasteiger partial charge in [0.25, 0.3) is 0 Å². The molecule has 1 fully saturated rings. The van der Waals surface area contributed by atoms with Crippen LogP contribution in [0.4, 0.5) is 0 Å². The Balaban J connectivity index is 2.12. The topological polar surface area (TPSA) is 70.7 Å². The molecule has 0 radical (unpaired) electrons. The number of nitrogens with zero attached hydrogens (tertiary/aromatic N) is 1. The lowest BCUT2D eigenvalue weighted by Crippen LogP contribution is -2.54. The smallest absolute Gasteiger partial charge is 0.234 e. The van der Waals surface area contributed by atoms with E-state index in [1.54, 1.807) is 14.0 Å². The van der Waals surface area contributed by atoms with E-state index in [4.69, 9.17) is 4.74 Å². The number of nitrogens with one attached hydrogen (secondary N) is 2. The normalized spacial score (nSPS) is 17.4. The molecule has 1 aromatic carbocycles. The maximum Gasteiger partial charge on any atom is 0.234 e. The molecule has 1 aliphatic rings. The summed E-state index contributed by atoms with van der Waals surface area (Å²) in [7, 11) is 1.65. The number of likely N-dealkylation sites (tertiary alicyclic amines) is 1. The first-order valence-corrected chi connectivity index (χ1v) is 9.11. The van der Waals surface area contributed by atoms with Gasteiger partial charge in [0.15, 0.2) is 0 Å². The molecular weight excluding hydrogens is 330 g/mol. The summed E-state index contributed by atoms with van der Waals surface area (Å²) in [5, 5.41) is 6.15. The van der Waals surface area contributed by atoms with Crippen molar-refractivity contribution in [2.45, 2.75) is 51.6 Å². The molecule has 1 heterocycles. The van der Waals surface area contributed by atoms with E-state index in [2.05, 4.69) is 15.5 Å². The zero-order chi connectivity index (χ0) is 19.4. The minimum Gasteiger partial charge on any atom is -0.496 e. The Labute approximate surface area is 156 Å². The first kappa shape index (κ1) is 20.2. The molecule has 2 amide bonds. The molecule has 0 unspecified atom stereocenters. The van der Waals surface area contributed by atoms with Gasteiger partial charge in [-0.15, -0.1) is 0 Å². The van der Waals surface area contributed by atoms with Gasteiger partial charge in [-0.05, 0) is 39.7 Å². The number of carbonyl (C=O) groups excluding carboxylic acids is 2. The molecule has 26 heavy (non-hydrogen) atoms. The van der Waals surface area contributed by atoms with Crippen LogP contribution in [0.3, 0.4) is 0 Å². The Bertz CT molecular complexity index is 644. The predicted molar refractivity (Wildman–Crippen MR) is 102 cm³/mol. The standard InChI is InChI=1S/C20H31N3O3/c1-15(24)21-20(16-8-6-7-9-17(16)26-5)10-12-23(13-11-20)14-18(25)22-19(2,3)4/h6-9H,10-14H2,1-5H3,(H,21,24)(H,22,25). The van der Waals surface area contributed by atoms with Crippen LogP contribution < -0.4 is 15.4 Å². The fraction of sp³-hybridized carbons (Fsp3) is 0.600. The molecule has 6 nitrogen and oxygen atoms in total. The molecule has 2 rings (SSSR count). The fourth-order valence-electron chi connectivity index (χ4n) is 3.59. The van der Waals surface area contributed by atoms with Crippen molar-refractivity contribution in [2.24, 2.45) is 0 Å². The SMILES string of the molecule is COc1ccccc1C1(NC(C)=O)CCN(CC(=O)NC(C)(C)C)CC1. The number of methoxy groups -OCH3 is 1. The van der Waals surface area contributed by atoms with Crippen LogP contribution in [0, 0.1) is 0 Å². The number of piperidine rings is 1. The lowest BCUT2D eigenvalue weighted by Gasteiger charge is -2.43. The van der Waals surface area contributed by atoms with Crippen LogP contribution in [-0.2, 0) is 15.1 Å². The van der Waals surface area contributed by atoms with Crippen molar-refractivity contribution in [1.82, 2.24) is 15.5 Å². The number of hydrogen-bond donors (Lipinski definition) is 2. The molecule has 0 spiro atoms. The summed E-state index contributed by atoms with van der Waals surface area (Å²) in [6.45, 7) is 9.31. The highest BCUT2D eigenvalue weighted by Gasteiger charge is 2.39. The maximum atomic E-state index is 12.2. The second-order valence-electron chi connectivity index (χ2n) is 8.04. The van der Waals surface area contributed by atoms with Gasteiger partial charge in [0.1, 0.15) is 5.75 Å². The largest absolute Gasteiger partial charge is 0.496 e. The maximum absolute atomic E-state index is 12.2. The van der Waals surface area contributed by atoms with Crippen molar-refractivity contribution in [3.8, 4) is 5.75 Å². The third kappa shape index (κ3) is 5.21. The van der Waals surface area contributed by atoms with Crippen LogP contribution in [0.5, 0.6) is 5.75 Å². The number of carbonyl (C=O) groups is 2. The highest BCUT2D eigenvalue weighted by Crippen LogP contribution is 2.38. The van der Waals surface area contributed by atoms with Gasteiger partial charge in [-0.2, -0.15) is 0 Å². The van der Waals surface area contributed by atoms with Gasteiger partial charge < -0.3 is 15.4 Å². The zero-order valence-electron chi connectivity index (χ0n) is 16.5. The van der Waals surface area contributed by atoms with Gasteiger partial charge in [0.2, 0.25) is 11.8 Å². The summed E-state index contributed by atoms with van der Waals surface area (Å²) in [5.74, 6) is 0.747. The highest BCUT2D eigenvalue weighted by molar-refractivity contribution is 5.78. The van der Waals surface area contributed by atoms with E-state index < -0.39 is 5.54 Å². The molecule has 6 heteroatoms. The molecular formula is C20H31N3O3. The molecule has 0 bridgehead atoms. The van der Waals surface area contributed by atoms with E-state index in [0.717, 1.165) is 37.2 Å². The number of benzene rings is 1. The monoisotopic (exact) mass is 361 g/mol. The van der Waals surface area contributed by atoms with E-state index in [9.17, 15) is 9.59 Å². The van der Waals surface area contributed by atoms with Crippen molar-refractivity contribution in [2.75, 3.05) is 26.7 Å². The first-order valence-electron chi connectivity index (χ1n) is 9.11. The molecule has 0 aromatic heterocycles. The number of amides is 2. The van der Waals surface area contributed by atoms with Crippen molar-refractivity contribution in [1.29, 1.82) is 0 Å². The molecule has 0 atom stereocenters. The van der Waals surface area contributed by atoms with E-state index in [0.29, 0.717) is 6.54 Å². The summed E-state index contributed by atoms with van der Waals surface area (Å²) in [6.07, 6.45) is 1.46. The molecule has 2 N–H and O–H groups in total. The Morgan fingerprint density at radius 1 is 1.19 bits per heavy atom. The second-order valence-corrected chi connectivity index (χ2v) is 8.04. The zero-order valence-corrected chi connectivity index (χ0v) is 16.5. The van der Waals surface area contributed by atoms with E-state index in [1.165, 1.54) is 0 Å². The lowest BCUT2D eigenvalue weighted by atomic mass is 9.80. The van der Waals surface area contributed by atoms with Gasteiger partial charge in [-0.1, -0.05) is 18.2 Å². The van der Waals surface area contributed by atoms with Crippen molar-refractivity contribution in [3.63, 3.8) is 0 Å². The van der Waals surface area contributed by atoms with Crippen molar-refractivity contribution >= 4 is 11.8 Å². The van der Waals surface area contributed by atoms with E-state index in [1.807, 2.05) is 45.0 Å². The predicted octanol–water partition coefficient (Wildman–Crippen LogP) is 2.04. The third-order valence-electron chi connectivity index (χ3n) is 4.63. The van der Waals surface area contributed by atoms with Crippen LogP contribution >= 0.6 is 0 Å². The average Bonchev–Trinajstić information content (AvgIpc) is 2.54. The Morgan fingerprint density at radius 3 is 2.35 bits per heavy atom.